The number of benzene rings is 2. The number of para-hydroxylation sites is 1. The molecule has 0 N–H and O–H groups in total. The highest BCUT2D eigenvalue weighted by atomic mass is 16.6. The molecule has 0 saturated heterocycles. The SMILES string of the molecule is C.C[n+]1cc(C(=O)OCn2ccc3cc([N+](=O)[O-])ccc32)cc2ccccc21. The molecule has 0 aliphatic heterocycles. The van der Waals surface area contributed by atoms with Gasteiger partial charge in [0.25, 0.3) is 5.69 Å². The monoisotopic (exact) mass is 378 g/mol. The lowest BCUT2D eigenvalue weighted by Gasteiger charge is -2.07. The number of nitrogens with zero attached hydrogens (tertiary/aromatic N) is 3. The van der Waals surface area contributed by atoms with E-state index in [-0.39, 0.29) is 19.8 Å². The number of carbonyl (C=O) groups is 1. The number of carbonyl (C=O) groups excluding carboxylic acids is 1. The molecule has 4 rings (SSSR count). The molecule has 0 aliphatic carbocycles. The van der Waals surface area contributed by atoms with Gasteiger partial charge in [-0.15, -0.1) is 0 Å². The summed E-state index contributed by atoms with van der Waals surface area (Å²) in [5.41, 5.74) is 2.27. The zero-order chi connectivity index (χ0) is 19.0. The zero-order valence-electron chi connectivity index (χ0n) is 14.5. The molecular formula is C21H20N3O4+. The fraction of sp³-hybridized carbons (Fsp3) is 0.143. The van der Waals surface area contributed by atoms with Gasteiger partial charge in [0.2, 0.25) is 5.52 Å². The standard InChI is InChI=1S/C20H16N3O4.CH4/c1-21-12-16(10-14-4-2-3-5-18(14)21)20(24)27-13-22-9-8-15-11-17(23(25)26)6-7-19(15)22;/h2-12H,13H2,1H3;1H4/q+1;. The maximum absolute atomic E-state index is 12.5. The minimum atomic E-state index is -0.434. The fourth-order valence-electron chi connectivity index (χ4n) is 3.15. The van der Waals surface area contributed by atoms with Crippen LogP contribution in [0.15, 0.2) is 67.0 Å². The summed E-state index contributed by atoms with van der Waals surface area (Å²) in [4.78, 5) is 22.9. The molecule has 2 aromatic heterocycles. The molecule has 142 valence electrons. The molecule has 0 bridgehead atoms. The molecule has 0 aliphatic rings. The third kappa shape index (κ3) is 3.42. The van der Waals surface area contributed by atoms with Crippen LogP contribution in [0.25, 0.3) is 21.8 Å². The van der Waals surface area contributed by atoms with Crippen LogP contribution in [-0.4, -0.2) is 15.5 Å². The van der Waals surface area contributed by atoms with E-state index in [0.29, 0.717) is 5.56 Å². The number of aryl methyl sites for hydroxylation is 1. The summed E-state index contributed by atoms with van der Waals surface area (Å²) < 4.78 is 9.06. The van der Waals surface area contributed by atoms with E-state index in [2.05, 4.69) is 0 Å². The lowest BCUT2D eigenvalue weighted by molar-refractivity contribution is -0.645. The molecular weight excluding hydrogens is 358 g/mol. The maximum Gasteiger partial charge on any atom is 0.345 e. The number of aromatic nitrogens is 2. The molecule has 7 nitrogen and oxygen atoms in total. The van der Waals surface area contributed by atoms with Crippen LogP contribution in [0.1, 0.15) is 17.8 Å². The van der Waals surface area contributed by atoms with Crippen molar-refractivity contribution in [2.24, 2.45) is 7.05 Å². The molecule has 7 heteroatoms. The average Bonchev–Trinajstić information content (AvgIpc) is 3.08. The van der Waals surface area contributed by atoms with Crippen molar-refractivity contribution in [1.82, 2.24) is 4.57 Å². The highest BCUT2D eigenvalue weighted by Crippen LogP contribution is 2.22. The quantitative estimate of drug-likeness (QED) is 0.233. The van der Waals surface area contributed by atoms with Crippen molar-refractivity contribution in [2.45, 2.75) is 14.2 Å². The van der Waals surface area contributed by atoms with E-state index in [1.165, 1.54) is 12.1 Å². The molecule has 0 radical (unpaired) electrons. The van der Waals surface area contributed by atoms with Crippen molar-refractivity contribution in [3.8, 4) is 0 Å². The Balaban J connectivity index is 0.00000225. The van der Waals surface area contributed by atoms with Gasteiger partial charge in [-0.05, 0) is 24.3 Å². The molecule has 0 amide bonds. The van der Waals surface area contributed by atoms with E-state index in [1.807, 2.05) is 35.9 Å². The van der Waals surface area contributed by atoms with Crippen LogP contribution in [0.3, 0.4) is 0 Å². The van der Waals surface area contributed by atoms with Crippen LogP contribution in [0.2, 0.25) is 0 Å². The second-order valence-electron chi connectivity index (χ2n) is 6.25. The number of rotatable bonds is 4. The van der Waals surface area contributed by atoms with E-state index in [1.54, 1.807) is 35.2 Å². The van der Waals surface area contributed by atoms with Gasteiger partial charge in [-0.1, -0.05) is 19.6 Å². The first-order chi connectivity index (χ1) is 13.0. The Bertz CT molecular complexity index is 1200. The Kier molecular flexibility index (Phi) is 5.08. The third-order valence-corrected chi connectivity index (χ3v) is 4.50. The van der Waals surface area contributed by atoms with E-state index in [9.17, 15) is 14.9 Å². The molecule has 0 unspecified atom stereocenters. The Morgan fingerprint density at radius 2 is 1.93 bits per heavy atom. The molecule has 2 aromatic carbocycles. The summed E-state index contributed by atoms with van der Waals surface area (Å²) in [6.07, 6.45) is 3.48. The summed E-state index contributed by atoms with van der Waals surface area (Å²) in [6, 6.07) is 15.9. The predicted molar refractivity (Wildman–Crippen MR) is 106 cm³/mol. The summed E-state index contributed by atoms with van der Waals surface area (Å²) in [6.45, 7) is 0.0245. The predicted octanol–water partition coefficient (Wildman–Crippen LogP) is 3.98. The van der Waals surface area contributed by atoms with Crippen LogP contribution in [0.4, 0.5) is 5.69 Å². The van der Waals surface area contributed by atoms with Crippen LogP contribution in [0, 0.1) is 10.1 Å². The summed E-state index contributed by atoms with van der Waals surface area (Å²) in [5.74, 6) is -0.430. The number of nitro benzene ring substituents is 1. The van der Waals surface area contributed by atoms with Crippen molar-refractivity contribution in [3.05, 3.63) is 82.7 Å². The van der Waals surface area contributed by atoms with Crippen molar-refractivity contribution in [2.75, 3.05) is 0 Å². The Morgan fingerprint density at radius 3 is 2.71 bits per heavy atom. The van der Waals surface area contributed by atoms with E-state index in [4.69, 9.17) is 4.74 Å². The Morgan fingerprint density at radius 1 is 1.14 bits per heavy atom. The minimum absolute atomic E-state index is 0. The van der Waals surface area contributed by atoms with Crippen molar-refractivity contribution < 1.29 is 19.0 Å². The lowest BCUT2D eigenvalue weighted by Crippen LogP contribution is -2.30. The molecule has 4 aromatic rings. The lowest BCUT2D eigenvalue weighted by atomic mass is 10.1. The highest BCUT2D eigenvalue weighted by molar-refractivity contribution is 5.92. The number of ether oxygens (including phenoxy) is 1. The van der Waals surface area contributed by atoms with Crippen molar-refractivity contribution >= 4 is 33.5 Å². The molecule has 0 fully saturated rings. The van der Waals surface area contributed by atoms with Gasteiger partial charge in [0, 0.05) is 35.2 Å². The number of pyridine rings is 1. The zero-order valence-corrected chi connectivity index (χ0v) is 14.5. The van der Waals surface area contributed by atoms with Crippen LogP contribution in [0.5, 0.6) is 0 Å². The summed E-state index contributed by atoms with van der Waals surface area (Å²) in [7, 11) is 1.88. The Hall–Kier alpha value is -3.74. The van der Waals surface area contributed by atoms with Gasteiger partial charge in [-0.25, -0.2) is 9.36 Å². The van der Waals surface area contributed by atoms with Gasteiger partial charge in [-0.3, -0.25) is 10.1 Å². The first kappa shape index (κ1) is 19.0. The van der Waals surface area contributed by atoms with Crippen LogP contribution >= 0.6 is 0 Å². The molecule has 2 heterocycles. The number of esters is 1. The van der Waals surface area contributed by atoms with Crippen molar-refractivity contribution in [1.29, 1.82) is 0 Å². The third-order valence-electron chi connectivity index (χ3n) is 4.50. The summed E-state index contributed by atoms with van der Waals surface area (Å²) >= 11 is 0. The van der Waals surface area contributed by atoms with Crippen LogP contribution in [-0.2, 0) is 18.5 Å². The first-order valence-corrected chi connectivity index (χ1v) is 8.32. The molecule has 28 heavy (non-hydrogen) atoms. The van der Waals surface area contributed by atoms with Gasteiger partial charge < -0.3 is 9.30 Å². The fourth-order valence-corrected chi connectivity index (χ4v) is 3.15. The summed E-state index contributed by atoms with van der Waals surface area (Å²) in [5, 5.41) is 12.5. The van der Waals surface area contributed by atoms with E-state index >= 15 is 0 Å². The normalized spacial score (nSPS) is 10.6. The average molecular weight is 378 g/mol. The molecule has 0 atom stereocenters. The molecule has 0 spiro atoms. The largest absolute Gasteiger partial charge is 0.440 e. The van der Waals surface area contributed by atoms with Crippen LogP contribution < -0.4 is 4.57 Å². The first-order valence-electron chi connectivity index (χ1n) is 8.32. The van der Waals surface area contributed by atoms with Gasteiger partial charge in [0.15, 0.2) is 12.9 Å². The second kappa shape index (κ2) is 7.48. The van der Waals surface area contributed by atoms with Gasteiger partial charge in [0.05, 0.1) is 10.4 Å². The topological polar surface area (TPSA) is 78.2 Å². The van der Waals surface area contributed by atoms with E-state index < -0.39 is 10.9 Å². The Labute approximate surface area is 161 Å². The second-order valence-corrected chi connectivity index (χ2v) is 6.25. The number of non-ortho nitro benzene ring substituents is 1. The smallest absolute Gasteiger partial charge is 0.345 e. The number of hydrogen-bond acceptors (Lipinski definition) is 4. The maximum atomic E-state index is 12.5. The highest BCUT2D eigenvalue weighted by Gasteiger charge is 2.15. The van der Waals surface area contributed by atoms with Gasteiger partial charge in [-0.2, -0.15) is 0 Å². The van der Waals surface area contributed by atoms with Gasteiger partial charge >= 0.3 is 5.97 Å². The van der Waals surface area contributed by atoms with E-state index in [0.717, 1.165) is 21.8 Å². The number of hydrogen-bond donors (Lipinski definition) is 0. The number of fused-ring (bicyclic) bond motifs is 2. The minimum Gasteiger partial charge on any atom is -0.440 e. The van der Waals surface area contributed by atoms with Crippen molar-refractivity contribution in [3.63, 3.8) is 0 Å². The number of nitro groups is 1. The molecule has 0 saturated carbocycles. The van der Waals surface area contributed by atoms with Gasteiger partial charge in [0.1, 0.15) is 12.6 Å².